The van der Waals surface area contributed by atoms with Crippen LogP contribution in [0.3, 0.4) is 0 Å². The molecule has 6 nitrogen and oxygen atoms in total. The first kappa shape index (κ1) is 16.8. The van der Waals surface area contributed by atoms with E-state index in [1.807, 2.05) is 0 Å². The minimum Gasteiger partial charge on any atom is -0.449 e. The zero-order valence-corrected chi connectivity index (χ0v) is 12.7. The monoisotopic (exact) mass is 328 g/mol. The maximum Gasteiger partial charge on any atom is 0.416 e. The molecule has 0 saturated heterocycles. The number of halogens is 3. The summed E-state index contributed by atoms with van der Waals surface area (Å²) in [5.41, 5.74) is -0.599. The summed E-state index contributed by atoms with van der Waals surface area (Å²) >= 11 is 0. The maximum atomic E-state index is 12.7. The summed E-state index contributed by atoms with van der Waals surface area (Å²) in [6.45, 7) is 1.54. The van der Waals surface area contributed by atoms with Crippen molar-refractivity contribution in [1.29, 1.82) is 0 Å². The Kier molecular flexibility index (Phi) is 4.57. The molecule has 2 aromatic rings. The van der Waals surface area contributed by atoms with Gasteiger partial charge >= 0.3 is 12.2 Å². The van der Waals surface area contributed by atoms with Crippen LogP contribution in [0.25, 0.3) is 5.69 Å². The van der Waals surface area contributed by atoms with E-state index in [1.165, 1.54) is 30.3 Å². The van der Waals surface area contributed by atoms with Crippen molar-refractivity contribution in [2.75, 3.05) is 14.1 Å². The van der Waals surface area contributed by atoms with E-state index in [9.17, 15) is 18.0 Å². The van der Waals surface area contributed by atoms with E-state index in [4.69, 9.17) is 4.74 Å². The van der Waals surface area contributed by atoms with E-state index in [2.05, 4.69) is 10.1 Å². The number of carbonyl (C=O) groups is 1. The summed E-state index contributed by atoms with van der Waals surface area (Å²) in [5.74, 6) is -0.277. The molecular formula is C14H15F3N4O2. The number of nitrogens with zero attached hydrogens (tertiary/aromatic N) is 4. The third-order valence-electron chi connectivity index (χ3n) is 2.98. The van der Waals surface area contributed by atoms with Crippen LogP contribution in [-0.4, -0.2) is 45.8 Å². The predicted octanol–water partition coefficient (Wildman–Crippen LogP) is 2.14. The van der Waals surface area contributed by atoms with Gasteiger partial charge in [0.15, 0.2) is 6.10 Å². The molecule has 0 saturated carbocycles. The zero-order valence-electron chi connectivity index (χ0n) is 12.7. The van der Waals surface area contributed by atoms with Gasteiger partial charge in [-0.25, -0.2) is 4.68 Å². The fourth-order valence-electron chi connectivity index (χ4n) is 1.82. The summed E-state index contributed by atoms with van der Waals surface area (Å²) in [7, 11) is 3.16. The molecule has 0 aliphatic heterocycles. The highest BCUT2D eigenvalue weighted by atomic mass is 19.4. The van der Waals surface area contributed by atoms with E-state index in [0.29, 0.717) is 0 Å². The first-order valence-corrected chi connectivity index (χ1v) is 6.65. The lowest BCUT2D eigenvalue weighted by atomic mass is 10.2. The van der Waals surface area contributed by atoms with Crippen molar-refractivity contribution < 1.29 is 22.7 Å². The highest BCUT2D eigenvalue weighted by molar-refractivity contribution is 5.80. The van der Waals surface area contributed by atoms with Gasteiger partial charge in [-0.3, -0.25) is 4.79 Å². The molecule has 1 unspecified atom stereocenters. The second kappa shape index (κ2) is 6.27. The summed E-state index contributed by atoms with van der Waals surface area (Å²) < 4.78 is 44.6. The maximum absolute atomic E-state index is 12.7. The van der Waals surface area contributed by atoms with Gasteiger partial charge in [0.2, 0.25) is 0 Å². The van der Waals surface area contributed by atoms with Crippen LogP contribution < -0.4 is 4.74 Å². The van der Waals surface area contributed by atoms with Crippen LogP contribution in [0.1, 0.15) is 12.5 Å². The molecule has 0 bridgehead atoms. The lowest BCUT2D eigenvalue weighted by Gasteiger charge is -2.16. The van der Waals surface area contributed by atoms with Crippen LogP contribution in [0.15, 0.2) is 30.6 Å². The first-order chi connectivity index (χ1) is 10.7. The molecule has 0 aliphatic rings. The molecule has 0 spiro atoms. The smallest absolute Gasteiger partial charge is 0.416 e. The van der Waals surface area contributed by atoms with E-state index in [0.717, 1.165) is 16.8 Å². The SMILES string of the molecule is CC(Oc1ncn(-c2cccc(C(F)(F)F)c2)n1)C(=O)N(C)C. The molecule has 124 valence electrons. The van der Waals surface area contributed by atoms with Gasteiger partial charge in [0.1, 0.15) is 6.33 Å². The van der Waals surface area contributed by atoms with Gasteiger partial charge in [0, 0.05) is 14.1 Å². The second-order valence-electron chi connectivity index (χ2n) is 5.01. The highest BCUT2D eigenvalue weighted by Crippen LogP contribution is 2.30. The average Bonchev–Trinajstić information content (AvgIpc) is 2.94. The van der Waals surface area contributed by atoms with Gasteiger partial charge in [0.25, 0.3) is 5.91 Å². The van der Waals surface area contributed by atoms with E-state index in [1.54, 1.807) is 14.1 Å². The van der Waals surface area contributed by atoms with Crippen molar-refractivity contribution >= 4 is 5.91 Å². The number of hydrogen-bond acceptors (Lipinski definition) is 4. The van der Waals surface area contributed by atoms with Crippen LogP contribution in [-0.2, 0) is 11.0 Å². The summed E-state index contributed by atoms with van der Waals surface area (Å²) in [4.78, 5) is 16.9. The molecule has 2 rings (SSSR count). The first-order valence-electron chi connectivity index (χ1n) is 6.65. The van der Waals surface area contributed by atoms with Crippen molar-refractivity contribution in [1.82, 2.24) is 19.7 Å². The Morgan fingerprint density at radius 1 is 1.35 bits per heavy atom. The van der Waals surface area contributed by atoms with Crippen LogP contribution in [0, 0.1) is 0 Å². The number of rotatable bonds is 4. The van der Waals surface area contributed by atoms with Crippen LogP contribution >= 0.6 is 0 Å². The van der Waals surface area contributed by atoms with Gasteiger partial charge in [-0.2, -0.15) is 18.2 Å². The molecule has 0 radical (unpaired) electrons. The van der Waals surface area contributed by atoms with Crippen molar-refractivity contribution in [3.8, 4) is 11.7 Å². The number of amides is 1. The molecule has 23 heavy (non-hydrogen) atoms. The third-order valence-corrected chi connectivity index (χ3v) is 2.98. The number of likely N-dealkylation sites (N-methyl/N-ethyl adjacent to an activating group) is 1. The average molecular weight is 328 g/mol. The molecule has 1 aromatic carbocycles. The lowest BCUT2D eigenvalue weighted by molar-refractivity contribution is -0.137. The van der Waals surface area contributed by atoms with E-state index < -0.39 is 17.8 Å². The van der Waals surface area contributed by atoms with Gasteiger partial charge in [0.05, 0.1) is 11.3 Å². The normalized spacial score (nSPS) is 12.8. The third kappa shape index (κ3) is 3.99. The quantitative estimate of drug-likeness (QED) is 0.863. The molecule has 0 aliphatic carbocycles. The Balaban J connectivity index is 2.18. The number of alkyl halides is 3. The Morgan fingerprint density at radius 2 is 2.04 bits per heavy atom. The lowest BCUT2D eigenvalue weighted by Crippen LogP contribution is -2.35. The minimum absolute atomic E-state index is 0.0925. The van der Waals surface area contributed by atoms with Gasteiger partial charge < -0.3 is 9.64 Å². The zero-order chi connectivity index (χ0) is 17.2. The van der Waals surface area contributed by atoms with Crippen LogP contribution in [0.4, 0.5) is 13.2 Å². The number of ether oxygens (including phenoxy) is 1. The molecule has 0 N–H and O–H groups in total. The topological polar surface area (TPSA) is 60.2 Å². The highest BCUT2D eigenvalue weighted by Gasteiger charge is 2.30. The number of aromatic nitrogens is 3. The summed E-state index contributed by atoms with van der Waals surface area (Å²) in [6.07, 6.45) is -4.03. The molecule has 9 heteroatoms. The number of benzene rings is 1. The molecule has 1 aromatic heterocycles. The van der Waals surface area contributed by atoms with Gasteiger partial charge in [-0.1, -0.05) is 6.07 Å². The molecule has 1 amide bonds. The summed E-state index contributed by atoms with van der Waals surface area (Å²) in [6, 6.07) is 4.56. The van der Waals surface area contributed by atoms with E-state index in [-0.39, 0.29) is 17.6 Å². The van der Waals surface area contributed by atoms with Crippen molar-refractivity contribution in [3.05, 3.63) is 36.2 Å². The number of carbonyl (C=O) groups excluding carboxylic acids is 1. The minimum atomic E-state index is -4.44. The van der Waals surface area contributed by atoms with Crippen molar-refractivity contribution in [3.63, 3.8) is 0 Å². The fourth-order valence-corrected chi connectivity index (χ4v) is 1.82. The van der Waals surface area contributed by atoms with Crippen LogP contribution in [0.5, 0.6) is 6.01 Å². The predicted molar refractivity (Wildman–Crippen MR) is 75.1 cm³/mol. The molecule has 1 atom stereocenters. The standard InChI is InChI=1S/C14H15F3N4O2/c1-9(12(22)20(2)3)23-13-18-8-21(19-13)11-6-4-5-10(7-11)14(15,16)17/h4-9H,1-3H3. The van der Waals surface area contributed by atoms with Crippen molar-refractivity contribution in [2.24, 2.45) is 0 Å². The number of hydrogen-bond donors (Lipinski definition) is 0. The molecular weight excluding hydrogens is 313 g/mol. The molecule has 0 fully saturated rings. The largest absolute Gasteiger partial charge is 0.449 e. The molecule has 1 heterocycles. The Morgan fingerprint density at radius 3 is 2.65 bits per heavy atom. The fraction of sp³-hybridized carbons (Fsp3) is 0.357. The second-order valence-corrected chi connectivity index (χ2v) is 5.01. The Bertz CT molecular complexity index is 697. The van der Waals surface area contributed by atoms with Gasteiger partial charge in [-0.15, -0.1) is 5.10 Å². The Hall–Kier alpha value is -2.58. The van der Waals surface area contributed by atoms with Crippen LogP contribution in [0.2, 0.25) is 0 Å². The van der Waals surface area contributed by atoms with Gasteiger partial charge in [-0.05, 0) is 25.1 Å². The summed E-state index contributed by atoms with van der Waals surface area (Å²) in [5, 5.41) is 3.93. The van der Waals surface area contributed by atoms with E-state index >= 15 is 0 Å². The van der Waals surface area contributed by atoms with Crippen molar-refractivity contribution in [2.45, 2.75) is 19.2 Å². The Labute approximate surface area is 130 Å².